The first-order valence-corrected chi connectivity index (χ1v) is 13.6. The zero-order valence-electron chi connectivity index (χ0n) is 23.3. The molecule has 0 atom stereocenters. The van der Waals surface area contributed by atoms with Gasteiger partial charge in [-0.15, -0.1) is 0 Å². The number of rotatable bonds is 9. The summed E-state index contributed by atoms with van der Waals surface area (Å²) in [7, 11) is 0. The molecule has 4 rings (SSSR count). The third-order valence-corrected chi connectivity index (χ3v) is 6.52. The van der Waals surface area contributed by atoms with E-state index in [1.54, 1.807) is 6.92 Å². The lowest BCUT2D eigenvalue weighted by Gasteiger charge is -2.34. The average Bonchev–Trinajstić information content (AvgIpc) is 2.92. The third kappa shape index (κ3) is 8.27. The van der Waals surface area contributed by atoms with Crippen LogP contribution in [0.3, 0.4) is 0 Å². The Morgan fingerprint density at radius 2 is 1.69 bits per heavy atom. The number of benzene rings is 2. The second kappa shape index (κ2) is 12.7. The highest BCUT2D eigenvalue weighted by Gasteiger charge is 2.21. The van der Waals surface area contributed by atoms with Crippen molar-refractivity contribution in [2.45, 2.75) is 65.0 Å². The van der Waals surface area contributed by atoms with Crippen LogP contribution in [-0.4, -0.2) is 53.2 Å². The number of anilines is 2. The van der Waals surface area contributed by atoms with Gasteiger partial charge in [0.15, 0.2) is 0 Å². The third-order valence-electron chi connectivity index (χ3n) is 6.52. The molecule has 3 aromatic rings. The molecule has 0 bridgehead atoms. The lowest BCUT2D eigenvalue weighted by Crippen LogP contribution is -2.39. The van der Waals surface area contributed by atoms with Gasteiger partial charge < -0.3 is 19.7 Å². The zero-order chi connectivity index (χ0) is 27.8. The summed E-state index contributed by atoms with van der Waals surface area (Å²) in [5.74, 6) is 0.144. The number of piperidine rings is 1. The van der Waals surface area contributed by atoms with Gasteiger partial charge in [-0.1, -0.05) is 24.3 Å². The van der Waals surface area contributed by atoms with E-state index in [9.17, 15) is 9.59 Å². The first-order chi connectivity index (χ1) is 18.7. The van der Waals surface area contributed by atoms with Crippen LogP contribution in [0.25, 0.3) is 11.1 Å². The van der Waals surface area contributed by atoms with Crippen molar-refractivity contribution in [2.24, 2.45) is 0 Å². The summed E-state index contributed by atoms with van der Waals surface area (Å²) in [6.45, 7) is 9.63. The van der Waals surface area contributed by atoms with Crippen LogP contribution in [0.4, 0.5) is 11.6 Å². The number of carbonyl (C=O) groups excluding carboxylic acids is 2. The normalized spacial score (nSPS) is 14.1. The van der Waals surface area contributed by atoms with Gasteiger partial charge in [0.2, 0.25) is 5.95 Å². The van der Waals surface area contributed by atoms with Crippen molar-refractivity contribution in [1.29, 1.82) is 0 Å². The van der Waals surface area contributed by atoms with Gasteiger partial charge in [-0.2, -0.15) is 0 Å². The molecular formula is C31H38N4O4. The Balaban J connectivity index is 1.27. The Kier molecular flexibility index (Phi) is 9.17. The van der Waals surface area contributed by atoms with Gasteiger partial charge in [0.05, 0.1) is 12.2 Å². The van der Waals surface area contributed by atoms with Crippen LogP contribution in [0.2, 0.25) is 0 Å². The van der Waals surface area contributed by atoms with Crippen molar-refractivity contribution in [3.05, 3.63) is 72.1 Å². The van der Waals surface area contributed by atoms with Crippen molar-refractivity contribution >= 4 is 23.6 Å². The standard InChI is InChI=1S/C31H38N4O4/c1-5-38-29(37)23-10-12-27(13-11-23)35-17-15-26(16-18-35)34-30-32-20-25(21-33-30)24-8-6-7-22(19-24)9-14-28(36)39-31(2,3)4/h6-8,10-13,19-21,26H,5,9,14-18H2,1-4H3,(H,32,33,34). The van der Waals surface area contributed by atoms with Crippen LogP contribution < -0.4 is 10.2 Å². The molecule has 0 spiro atoms. The molecule has 1 saturated heterocycles. The Morgan fingerprint density at radius 1 is 1.00 bits per heavy atom. The fraction of sp³-hybridized carbons (Fsp3) is 0.419. The van der Waals surface area contributed by atoms with Gasteiger partial charge >= 0.3 is 11.9 Å². The number of aryl methyl sites for hydroxylation is 1. The molecule has 206 valence electrons. The van der Waals surface area contributed by atoms with Gasteiger partial charge in [-0.3, -0.25) is 4.79 Å². The smallest absolute Gasteiger partial charge is 0.338 e. The van der Waals surface area contributed by atoms with Crippen LogP contribution in [0, 0.1) is 0 Å². The highest BCUT2D eigenvalue weighted by Crippen LogP contribution is 2.24. The van der Waals surface area contributed by atoms with Crippen molar-refractivity contribution in [3.8, 4) is 11.1 Å². The fourth-order valence-corrected chi connectivity index (χ4v) is 4.58. The maximum atomic E-state index is 12.1. The molecular weight excluding hydrogens is 492 g/mol. The highest BCUT2D eigenvalue weighted by atomic mass is 16.6. The molecule has 0 aliphatic carbocycles. The lowest BCUT2D eigenvalue weighted by molar-refractivity contribution is -0.154. The predicted molar refractivity (Wildman–Crippen MR) is 153 cm³/mol. The predicted octanol–water partition coefficient (Wildman–Crippen LogP) is 5.68. The molecule has 1 aliphatic rings. The number of aromatic nitrogens is 2. The number of carbonyl (C=O) groups is 2. The Labute approximate surface area is 230 Å². The minimum Gasteiger partial charge on any atom is -0.462 e. The van der Waals surface area contributed by atoms with Gasteiger partial charge in [0.1, 0.15) is 5.60 Å². The molecule has 1 N–H and O–H groups in total. The molecule has 8 heteroatoms. The number of hydrogen-bond donors (Lipinski definition) is 1. The monoisotopic (exact) mass is 530 g/mol. The minimum absolute atomic E-state index is 0.190. The lowest BCUT2D eigenvalue weighted by atomic mass is 10.0. The molecule has 8 nitrogen and oxygen atoms in total. The summed E-state index contributed by atoms with van der Waals surface area (Å²) in [5.41, 5.74) is 4.23. The van der Waals surface area contributed by atoms with E-state index in [-0.39, 0.29) is 11.9 Å². The van der Waals surface area contributed by atoms with E-state index in [4.69, 9.17) is 9.47 Å². The summed E-state index contributed by atoms with van der Waals surface area (Å²) < 4.78 is 10.5. The molecule has 39 heavy (non-hydrogen) atoms. The first kappa shape index (κ1) is 28.1. The van der Waals surface area contributed by atoms with Gasteiger partial charge in [-0.25, -0.2) is 14.8 Å². The Bertz CT molecular complexity index is 1240. The Morgan fingerprint density at radius 3 is 2.33 bits per heavy atom. The van der Waals surface area contributed by atoms with E-state index in [0.717, 1.165) is 48.3 Å². The number of esters is 2. The molecule has 1 aliphatic heterocycles. The summed E-state index contributed by atoms with van der Waals surface area (Å²) >= 11 is 0. The number of ether oxygens (including phenoxy) is 2. The van der Waals surface area contributed by atoms with Crippen LogP contribution >= 0.6 is 0 Å². The van der Waals surface area contributed by atoms with Crippen LogP contribution in [-0.2, 0) is 20.7 Å². The van der Waals surface area contributed by atoms with Crippen LogP contribution in [0.5, 0.6) is 0 Å². The van der Waals surface area contributed by atoms with Gasteiger partial charge in [-0.05, 0) is 82.3 Å². The Hall–Kier alpha value is -3.94. The molecule has 2 aromatic carbocycles. The molecule has 1 fully saturated rings. The van der Waals surface area contributed by atoms with E-state index in [1.165, 1.54) is 0 Å². The maximum Gasteiger partial charge on any atom is 0.338 e. The second-order valence-electron chi connectivity index (χ2n) is 10.8. The summed E-state index contributed by atoms with van der Waals surface area (Å²) in [4.78, 5) is 35.4. The van der Waals surface area contributed by atoms with E-state index in [1.807, 2.05) is 75.6 Å². The van der Waals surface area contributed by atoms with Crippen molar-refractivity contribution in [1.82, 2.24) is 9.97 Å². The van der Waals surface area contributed by atoms with E-state index in [0.29, 0.717) is 37.0 Å². The molecule has 0 saturated carbocycles. The molecule has 0 amide bonds. The summed E-state index contributed by atoms with van der Waals surface area (Å²) in [6, 6.07) is 16.0. The highest BCUT2D eigenvalue weighted by molar-refractivity contribution is 5.89. The topological polar surface area (TPSA) is 93.7 Å². The maximum absolute atomic E-state index is 12.1. The van der Waals surface area contributed by atoms with E-state index < -0.39 is 5.60 Å². The minimum atomic E-state index is -0.470. The quantitative estimate of drug-likeness (QED) is 0.354. The number of nitrogens with zero attached hydrogens (tertiary/aromatic N) is 3. The number of nitrogens with one attached hydrogen (secondary N) is 1. The summed E-state index contributed by atoms with van der Waals surface area (Å²) in [5, 5.41) is 3.47. The average molecular weight is 531 g/mol. The van der Waals surface area contributed by atoms with Gasteiger partial charge in [0.25, 0.3) is 0 Å². The zero-order valence-corrected chi connectivity index (χ0v) is 23.3. The summed E-state index contributed by atoms with van der Waals surface area (Å²) in [6.07, 6.45) is 6.56. The molecule has 2 heterocycles. The number of hydrogen-bond acceptors (Lipinski definition) is 8. The van der Waals surface area contributed by atoms with Crippen molar-refractivity contribution in [2.75, 3.05) is 29.9 Å². The molecule has 0 unspecified atom stereocenters. The van der Waals surface area contributed by atoms with Crippen molar-refractivity contribution in [3.63, 3.8) is 0 Å². The van der Waals surface area contributed by atoms with E-state index in [2.05, 4.69) is 26.3 Å². The molecule has 1 aromatic heterocycles. The largest absolute Gasteiger partial charge is 0.462 e. The van der Waals surface area contributed by atoms with E-state index >= 15 is 0 Å². The van der Waals surface area contributed by atoms with Crippen molar-refractivity contribution < 1.29 is 19.1 Å². The fourth-order valence-electron chi connectivity index (χ4n) is 4.58. The van der Waals surface area contributed by atoms with Crippen LogP contribution in [0.15, 0.2) is 60.9 Å². The molecule has 0 radical (unpaired) electrons. The SMILES string of the molecule is CCOC(=O)c1ccc(N2CCC(Nc3ncc(-c4cccc(CCC(=O)OC(C)(C)C)c4)cn3)CC2)cc1. The first-order valence-electron chi connectivity index (χ1n) is 13.6. The second-order valence-corrected chi connectivity index (χ2v) is 10.8. The van der Waals surface area contributed by atoms with Crippen LogP contribution in [0.1, 0.15) is 62.9 Å². The van der Waals surface area contributed by atoms with Gasteiger partial charge in [0, 0.05) is 49.2 Å².